The maximum atomic E-state index is 11.9. The number of anilines is 2. The lowest BCUT2D eigenvalue weighted by Crippen LogP contribution is -2.13. The van der Waals surface area contributed by atoms with Crippen LogP contribution in [-0.4, -0.2) is 33.8 Å². The molecule has 0 amide bonds. The molecule has 2 aromatic heterocycles. The second kappa shape index (κ2) is 6.23. The molecule has 0 saturated carbocycles. The largest absolute Gasteiger partial charge is 0.328 e. The van der Waals surface area contributed by atoms with E-state index in [2.05, 4.69) is 40.5 Å². The Morgan fingerprint density at radius 3 is 2.56 bits per heavy atom. The topological polar surface area (TPSA) is 89.8 Å². The third-order valence-electron chi connectivity index (χ3n) is 3.44. The summed E-state index contributed by atoms with van der Waals surface area (Å²) in [5, 5.41) is 8.08. The van der Waals surface area contributed by atoms with Crippen LogP contribution in [0.15, 0.2) is 41.6 Å². The minimum Gasteiger partial charge on any atom is -0.328 e. The summed E-state index contributed by atoms with van der Waals surface area (Å²) in [7, 11) is -3.35. The molecule has 0 fully saturated rings. The highest BCUT2D eigenvalue weighted by molar-refractivity contribution is 7.90. The molecular weight excluding hydrogens is 358 g/mol. The number of sulfone groups is 1. The molecule has 0 aliphatic heterocycles. The normalized spacial score (nSPS) is 12.3. The van der Waals surface area contributed by atoms with Crippen LogP contribution in [0.3, 0.4) is 0 Å². The first-order valence-corrected chi connectivity index (χ1v) is 10.3. The molecule has 9 heteroatoms. The molecule has 3 rings (SSSR count). The van der Waals surface area contributed by atoms with E-state index in [1.54, 1.807) is 36.7 Å². The van der Waals surface area contributed by atoms with Crippen LogP contribution in [0.1, 0.15) is 26.6 Å². The van der Waals surface area contributed by atoms with Crippen molar-refractivity contribution in [2.24, 2.45) is 0 Å². The first-order valence-electron chi connectivity index (χ1n) is 7.60. The van der Waals surface area contributed by atoms with E-state index < -0.39 is 9.84 Å². The van der Waals surface area contributed by atoms with Crippen molar-refractivity contribution in [1.29, 1.82) is 0 Å². The van der Waals surface area contributed by atoms with E-state index in [9.17, 15) is 8.42 Å². The van der Waals surface area contributed by atoms with E-state index in [1.807, 2.05) is 0 Å². The minimum absolute atomic E-state index is 0.116. The number of nitrogens with zero attached hydrogens (tertiary/aromatic N) is 4. The van der Waals surface area contributed by atoms with E-state index in [-0.39, 0.29) is 10.3 Å². The SMILES string of the molecule is CC(C)(C)c1nsc(Nc2cnn(-c3ccccc3S(C)(=O)=O)c2)n1. The van der Waals surface area contributed by atoms with Gasteiger partial charge in [0.15, 0.2) is 9.84 Å². The molecule has 3 aromatic rings. The molecule has 0 aliphatic carbocycles. The van der Waals surface area contributed by atoms with Crippen molar-refractivity contribution in [2.75, 3.05) is 11.6 Å². The lowest BCUT2D eigenvalue weighted by atomic mass is 9.96. The zero-order valence-electron chi connectivity index (χ0n) is 14.4. The molecule has 1 aromatic carbocycles. The summed E-state index contributed by atoms with van der Waals surface area (Å²) in [6, 6.07) is 6.76. The van der Waals surface area contributed by atoms with Gasteiger partial charge in [0.1, 0.15) is 5.82 Å². The van der Waals surface area contributed by atoms with E-state index in [0.29, 0.717) is 16.5 Å². The fourth-order valence-corrected chi connectivity index (χ4v) is 3.83. The molecule has 7 nitrogen and oxygen atoms in total. The Kier molecular flexibility index (Phi) is 4.38. The van der Waals surface area contributed by atoms with E-state index in [0.717, 1.165) is 5.82 Å². The van der Waals surface area contributed by atoms with Crippen LogP contribution in [-0.2, 0) is 15.3 Å². The predicted octanol–water partition coefficient (Wildman–Crippen LogP) is 3.17. The van der Waals surface area contributed by atoms with Crippen molar-refractivity contribution >= 4 is 32.2 Å². The lowest BCUT2D eigenvalue weighted by Gasteiger charge is -2.12. The quantitative estimate of drug-likeness (QED) is 0.751. The van der Waals surface area contributed by atoms with Gasteiger partial charge in [-0.2, -0.15) is 9.47 Å². The van der Waals surface area contributed by atoms with Gasteiger partial charge in [-0.05, 0) is 12.1 Å². The van der Waals surface area contributed by atoms with E-state index >= 15 is 0 Å². The van der Waals surface area contributed by atoms with Crippen LogP contribution >= 0.6 is 11.5 Å². The van der Waals surface area contributed by atoms with Gasteiger partial charge in [-0.1, -0.05) is 32.9 Å². The second-order valence-electron chi connectivity index (χ2n) is 6.71. The molecule has 0 radical (unpaired) electrons. The van der Waals surface area contributed by atoms with Gasteiger partial charge in [-0.3, -0.25) is 0 Å². The van der Waals surface area contributed by atoms with Gasteiger partial charge in [0.2, 0.25) is 5.13 Å². The Morgan fingerprint density at radius 2 is 1.92 bits per heavy atom. The number of aromatic nitrogens is 4. The molecule has 132 valence electrons. The minimum atomic E-state index is -3.35. The van der Waals surface area contributed by atoms with Crippen molar-refractivity contribution in [2.45, 2.75) is 31.1 Å². The Balaban J connectivity index is 1.88. The average Bonchev–Trinajstić information content (AvgIpc) is 3.16. The summed E-state index contributed by atoms with van der Waals surface area (Å²) in [5.74, 6) is 0.773. The number of nitrogens with one attached hydrogen (secondary N) is 1. The maximum Gasteiger partial charge on any atom is 0.207 e. The van der Waals surface area contributed by atoms with Crippen molar-refractivity contribution in [3.8, 4) is 5.69 Å². The van der Waals surface area contributed by atoms with Crippen LogP contribution in [0.5, 0.6) is 0 Å². The summed E-state index contributed by atoms with van der Waals surface area (Å²) in [4.78, 5) is 4.71. The van der Waals surface area contributed by atoms with Gasteiger partial charge < -0.3 is 5.32 Å². The van der Waals surface area contributed by atoms with Crippen LogP contribution in [0.25, 0.3) is 5.69 Å². The number of rotatable bonds is 4. The summed E-state index contributed by atoms with van der Waals surface area (Å²) < 4.78 is 29.8. The molecular formula is C16H19N5O2S2. The molecule has 0 atom stereocenters. The van der Waals surface area contributed by atoms with Crippen LogP contribution in [0, 0.1) is 0 Å². The van der Waals surface area contributed by atoms with Crippen LogP contribution in [0.4, 0.5) is 10.8 Å². The highest BCUT2D eigenvalue weighted by Gasteiger charge is 2.20. The number of benzene rings is 1. The Labute approximate surface area is 150 Å². The van der Waals surface area contributed by atoms with Gasteiger partial charge in [-0.25, -0.2) is 18.1 Å². The number of hydrogen-bond acceptors (Lipinski definition) is 7. The Hall–Kier alpha value is -2.26. The molecule has 1 N–H and O–H groups in total. The van der Waals surface area contributed by atoms with Gasteiger partial charge >= 0.3 is 0 Å². The second-order valence-corrected chi connectivity index (χ2v) is 9.45. The lowest BCUT2D eigenvalue weighted by molar-refractivity contribution is 0.555. The number of para-hydroxylation sites is 1. The summed E-state index contributed by atoms with van der Waals surface area (Å²) >= 11 is 1.28. The highest BCUT2D eigenvalue weighted by Crippen LogP contribution is 2.26. The fourth-order valence-electron chi connectivity index (χ4n) is 2.18. The zero-order chi connectivity index (χ0) is 18.2. The van der Waals surface area contributed by atoms with Crippen LogP contribution < -0.4 is 5.32 Å². The Bertz CT molecular complexity index is 999. The van der Waals surface area contributed by atoms with E-state index in [1.165, 1.54) is 22.5 Å². The third-order valence-corrected chi connectivity index (χ3v) is 5.22. The van der Waals surface area contributed by atoms with Crippen LogP contribution in [0.2, 0.25) is 0 Å². The summed E-state index contributed by atoms with van der Waals surface area (Å²) in [6.07, 6.45) is 4.53. The molecule has 0 saturated heterocycles. The maximum absolute atomic E-state index is 11.9. The predicted molar refractivity (Wildman–Crippen MR) is 98.6 cm³/mol. The van der Waals surface area contributed by atoms with Crippen molar-refractivity contribution < 1.29 is 8.42 Å². The van der Waals surface area contributed by atoms with Gasteiger partial charge in [0.25, 0.3) is 0 Å². The molecule has 25 heavy (non-hydrogen) atoms. The van der Waals surface area contributed by atoms with E-state index in [4.69, 9.17) is 0 Å². The van der Waals surface area contributed by atoms with Gasteiger partial charge in [0, 0.05) is 23.2 Å². The Morgan fingerprint density at radius 1 is 1.20 bits per heavy atom. The average molecular weight is 377 g/mol. The van der Waals surface area contributed by atoms with Crippen molar-refractivity contribution in [1.82, 2.24) is 19.1 Å². The smallest absolute Gasteiger partial charge is 0.207 e. The van der Waals surface area contributed by atoms with Crippen molar-refractivity contribution in [3.63, 3.8) is 0 Å². The molecule has 0 bridgehead atoms. The van der Waals surface area contributed by atoms with Gasteiger partial charge in [0.05, 0.1) is 28.7 Å². The third kappa shape index (κ3) is 3.88. The summed E-state index contributed by atoms with van der Waals surface area (Å²) in [5.41, 5.74) is 1.10. The standard InChI is InChI=1S/C16H19N5O2S2/c1-16(2,3)14-19-15(24-20-14)18-11-9-17-21(10-11)12-7-5-6-8-13(12)25(4,22)23/h5-10H,1-4H3,(H,18,19,20). The van der Waals surface area contributed by atoms with Gasteiger partial charge in [-0.15, -0.1) is 0 Å². The molecule has 2 heterocycles. The fraction of sp³-hybridized carbons (Fsp3) is 0.312. The first-order chi connectivity index (χ1) is 11.6. The molecule has 0 spiro atoms. The molecule has 0 aliphatic rings. The first kappa shape index (κ1) is 17.6. The highest BCUT2D eigenvalue weighted by atomic mass is 32.2. The monoisotopic (exact) mass is 377 g/mol. The summed E-state index contributed by atoms with van der Waals surface area (Å²) in [6.45, 7) is 6.16. The van der Waals surface area contributed by atoms with Crippen molar-refractivity contribution in [3.05, 3.63) is 42.5 Å². The number of hydrogen-bond donors (Lipinski definition) is 1. The molecule has 0 unspecified atom stereocenters. The zero-order valence-corrected chi connectivity index (χ0v) is 16.0.